The van der Waals surface area contributed by atoms with E-state index >= 15 is 0 Å². The molecule has 64 heavy (non-hydrogen) atoms. The summed E-state index contributed by atoms with van der Waals surface area (Å²) < 4.78 is 46.4. The Hall–Kier alpha value is -7.87. The van der Waals surface area contributed by atoms with Crippen molar-refractivity contribution in [1.82, 2.24) is 9.13 Å². The Kier molecular flexibility index (Phi) is 9.36. The summed E-state index contributed by atoms with van der Waals surface area (Å²) in [7, 11) is 0. The molecule has 0 aliphatic heterocycles. The molecule has 0 unspecified atom stereocenters. The van der Waals surface area contributed by atoms with E-state index in [2.05, 4.69) is 140 Å². The highest BCUT2D eigenvalue weighted by Crippen LogP contribution is 2.46. The molecule has 0 aliphatic carbocycles. The third-order valence-electron chi connectivity index (χ3n) is 12.7. The quantitative estimate of drug-likeness (QED) is 0.159. The zero-order valence-electron chi connectivity index (χ0n) is 36.2. The van der Waals surface area contributed by atoms with Gasteiger partial charge in [-0.05, 0) is 158 Å². The van der Waals surface area contributed by atoms with E-state index in [0.717, 1.165) is 66.9 Å². The van der Waals surface area contributed by atoms with Crippen LogP contribution in [-0.4, -0.2) is 9.13 Å². The lowest BCUT2D eigenvalue weighted by atomic mass is 9.93. The molecular formula is C57H41F3N4. The number of halogens is 3. The number of fused-ring (bicyclic) bond motifs is 6. The summed E-state index contributed by atoms with van der Waals surface area (Å²) in [5, 5.41) is 14.5. The lowest BCUT2D eigenvalue weighted by Gasteiger charge is -2.20. The number of nitrogens with zero attached hydrogens (tertiary/aromatic N) is 4. The highest BCUT2D eigenvalue weighted by molar-refractivity contribution is 6.13. The molecule has 10 rings (SSSR count). The largest absolute Gasteiger partial charge is 0.416 e. The van der Waals surface area contributed by atoms with Crippen LogP contribution in [0, 0.1) is 59.4 Å². The third-order valence-corrected chi connectivity index (χ3v) is 12.7. The van der Waals surface area contributed by atoms with Crippen molar-refractivity contribution in [3.05, 3.63) is 195 Å². The van der Waals surface area contributed by atoms with Gasteiger partial charge in [-0.25, -0.2) is 4.85 Å². The normalized spacial score (nSPS) is 11.8. The molecule has 7 heteroatoms. The first-order valence-corrected chi connectivity index (χ1v) is 21.2. The lowest BCUT2D eigenvalue weighted by Crippen LogP contribution is -2.06. The molecule has 0 radical (unpaired) electrons. The summed E-state index contributed by atoms with van der Waals surface area (Å²) in [6.45, 7) is 21.3. The number of hydrogen-bond donors (Lipinski definition) is 0. The van der Waals surface area contributed by atoms with Gasteiger partial charge in [0, 0.05) is 21.5 Å². The maximum Gasteiger partial charge on any atom is 0.416 e. The van der Waals surface area contributed by atoms with Crippen LogP contribution >= 0.6 is 0 Å². The summed E-state index contributed by atoms with van der Waals surface area (Å²) in [4.78, 5) is 4.02. The average molecular weight is 839 g/mol. The van der Waals surface area contributed by atoms with E-state index in [1.54, 1.807) is 0 Å². The van der Waals surface area contributed by atoms with E-state index in [4.69, 9.17) is 6.57 Å². The van der Waals surface area contributed by atoms with Gasteiger partial charge in [-0.1, -0.05) is 90.0 Å². The van der Waals surface area contributed by atoms with Crippen LogP contribution in [0.1, 0.15) is 44.5 Å². The van der Waals surface area contributed by atoms with Gasteiger partial charge in [-0.3, -0.25) is 0 Å². The van der Waals surface area contributed by atoms with E-state index in [0.29, 0.717) is 16.9 Å². The molecular weight excluding hydrogens is 798 g/mol. The Morgan fingerprint density at radius 3 is 1.41 bits per heavy atom. The molecule has 0 fully saturated rings. The highest BCUT2D eigenvalue weighted by Gasteiger charge is 2.32. The smallest absolute Gasteiger partial charge is 0.308 e. The van der Waals surface area contributed by atoms with Crippen LogP contribution in [0.15, 0.2) is 140 Å². The molecule has 4 nitrogen and oxygen atoms in total. The minimum absolute atomic E-state index is 0.166. The molecule has 0 aliphatic rings. The topological polar surface area (TPSA) is 38.0 Å². The second-order valence-corrected chi connectivity index (χ2v) is 17.1. The number of alkyl halides is 3. The summed E-state index contributed by atoms with van der Waals surface area (Å²) in [6.07, 6.45) is -4.65. The number of para-hydroxylation sites is 2. The molecule has 0 spiro atoms. The predicted molar refractivity (Wildman–Crippen MR) is 256 cm³/mol. The lowest BCUT2D eigenvalue weighted by molar-refractivity contribution is -0.137. The van der Waals surface area contributed by atoms with Crippen LogP contribution in [0.3, 0.4) is 0 Å². The van der Waals surface area contributed by atoms with Crippen molar-refractivity contribution in [1.29, 1.82) is 5.26 Å². The van der Waals surface area contributed by atoms with Crippen molar-refractivity contribution in [2.45, 2.75) is 47.7 Å². The molecule has 8 aromatic carbocycles. The first-order valence-electron chi connectivity index (χ1n) is 21.2. The molecule has 310 valence electrons. The van der Waals surface area contributed by atoms with Crippen molar-refractivity contribution >= 4 is 49.3 Å². The van der Waals surface area contributed by atoms with Crippen LogP contribution in [0.2, 0.25) is 0 Å². The maximum atomic E-state index is 14.0. The number of aromatic nitrogens is 2. The molecule has 0 bridgehead atoms. The van der Waals surface area contributed by atoms with Crippen LogP contribution in [-0.2, 0) is 6.18 Å². The summed E-state index contributed by atoms with van der Waals surface area (Å²) in [6, 6.07) is 47.3. The molecule has 2 heterocycles. The fraction of sp³-hybridized carbons (Fsp3) is 0.123. The Bertz CT molecular complexity index is 3650. The Labute approximate surface area is 369 Å². The van der Waals surface area contributed by atoms with E-state index < -0.39 is 11.7 Å². The van der Waals surface area contributed by atoms with Crippen molar-refractivity contribution < 1.29 is 13.2 Å². The molecule has 10 aromatic rings. The Balaban J connectivity index is 1.32. The van der Waals surface area contributed by atoms with Gasteiger partial charge in [0.2, 0.25) is 0 Å². The molecule has 0 saturated heterocycles. The number of nitriles is 1. The van der Waals surface area contributed by atoms with Crippen LogP contribution in [0.4, 0.5) is 18.9 Å². The highest BCUT2D eigenvalue weighted by atomic mass is 19.4. The standard InChI is InChI=1S/C57H41F3N4/c1-32-22-34(3)55(35(4)23-32)38-16-20-51-46(27-38)43-12-8-10-14-49(43)63(51)53-29-45(42-19-18-41(57(58,59)60)26-40(42)31-61)48(62-7)30-54(53)64-50-15-11-9-13-44(50)47-28-39(17-21-52(47)64)56-36(5)24-33(2)25-37(56)6/h8-30H,1-6H3. The van der Waals surface area contributed by atoms with E-state index in [1.807, 2.05) is 42.5 Å². The summed E-state index contributed by atoms with van der Waals surface area (Å²) in [5.41, 5.74) is 16.6. The Morgan fingerprint density at radius 2 is 0.953 bits per heavy atom. The van der Waals surface area contributed by atoms with Gasteiger partial charge >= 0.3 is 6.18 Å². The average Bonchev–Trinajstić information content (AvgIpc) is 3.77. The van der Waals surface area contributed by atoms with Gasteiger partial charge in [-0.2, -0.15) is 18.4 Å². The van der Waals surface area contributed by atoms with Gasteiger partial charge in [0.05, 0.1) is 57.2 Å². The number of rotatable bonds is 5. The van der Waals surface area contributed by atoms with Gasteiger partial charge in [0.15, 0.2) is 5.69 Å². The number of aryl methyl sites for hydroxylation is 6. The molecule has 0 atom stereocenters. The second kappa shape index (κ2) is 14.9. The minimum Gasteiger partial charge on any atom is -0.308 e. The first-order chi connectivity index (χ1) is 30.7. The fourth-order valence-corrected chi connectivity index (χ4v) is 10.3. The van der Waals surface area contributed by atoms with E-state index in [-0.39, 0.29) is 16.8 Å². The third kappa shape index (κ3) is 6.35. The number of hydrogen-bond acceptors (Lipinski definition) is 1. The van der Waals surface area contributed by atoms with E-state index in [9.17, 15) is 18.4 Å². The maximum absolute atomic E-state index is 14.0. The van der Waals surface area contributed by atoms with Crippen molar-refractivity contribution in [2.24, 2.45) is 0 Å². The zero-order valence-corrected chi connectivity index (χ0v) is 36.2. The Morgan fingerprint density at radius 1 is 0.500 bits per heavy atom. The summed E-state index contributed by atoms with van der Waals surface area (Å²) >= 11 is 0. The van der Waals surface area contributed by atoms with Crippen LogP contribution in [0.5, 0.6) is 0 Å². The predicted octanol–water partition coefficient (Wildman–Crippen LogP) is 16.2. The molecule has 2 aromatic heterocycles. The van der Waals surface area contributed by atoms with Crippen molar-refractivity contribution in [3.63, 3.8) is 0 Å². The van der Waals surface area contributed by atoms with Crippen molar-refractivity contribution in [2.75, 3.05) is 0 Å². The van der Waals surface area contributed by atoms with Gasteiger partial charge in [0.25, 0.3) is 0 Å². The second-order valence-electron chi connectivity index (χ2n) is 17.1. The fourth-order valence-electron chi connectivity index (χ4n) is 10.3. The SMILES string of the molecule is [C-]#[N+]c1cc(-n2c3ccccc3c3cc(-c4c(C)cc(C)cc4C)ccc32)c(-n2c3ccccc3c3cc(-c4c(C)cc(C)cc4C)ccc32)cc1-c1ccc(C(F)(F)F)cc1C#N. The first kappa shape index (κ1) is 40.2. The van der Waals surface area contributed by atoms with Gasteiger partial charge in [0.1, 0.15) is 0 Å². The summed E-state index contributed by atoms with van der Waals surface area (Å²) in [5.74, 6) is 0. The van der Waals surface area contributed by atoms with E-state index in [1.165, 1.54) is 50.6 Å². The monoisotopic (exact) mass is 838 g/mol. The number of benzene rings is 8. The van der Waals surface area contributed by atoms with Crippen LogP contribution in [0.25, 0.3) is 93.2 Å². The molecule has 0 N–H and O–H groups in total. The molecule has 0 saturated carbocycles. The van der Waals surface area contributed by atoms with Crippen LogP contribution < -0.4 is 0 Å². The van der Waals surface area contributed by atoms with Crippen molar-refractivity contribution in [3.8, 4) is 50.8 Å². The molecule has 0 amide bonds. The van der Waals surface area contributed by atoms with Gasteiger partial charge in [-0.15, -0.1) is 0 Å². The van der Waals surface area contributed by atoms with Gasteiger partial charge < -0.3 is 9.13 Å². The minimum atomic E-state index is -4.65. The zero-order chi connectivity index (χ0) is 44.8.